The summed E-state index contributed by atoms with van der Waals surface area (Å²) in [4.78, 5) is 11.0. The maximum atomic E-state index is 11.0. The van der Waals surface area contributed by atoms with Gasteiger partial charge in [-0.2, -0.15) is 0 Å². The predicted octanol–water partition coefficient (Wildman–Crippen LogP) is 1.80. The van der Waals surface area contributed by atoms with Crippen LogP contribution in [0.3, 0.4) is 0 Å². The quantitative estimate of drug-likeness (QED) is 0.835. The van der Waals surface area contributed by atoms with E-state index < -0.39 is 5.97 Å². The average Bonchev–Trinajstić information content (AvgIpc) is 2.38. The van der Waals surface area contributed by atoms with E-state index in [0.717, 1.165) is 12.8 Å². The third-order valence-corrected chi connectivity index (χ3v) is 3.45. The van der Waals surface area contributed by atoms with Crippen LogP contribution in [0, 0.1) is 0 Å². The first-order chi connectivity index (χ1) is 8.70. The molecule has 1 saturated heterocycles. The summed E-state index contributed by atoms with van der Waals surface area (Å²) < 4.78 is 5.33. The molecule has 2 N–H and O–H groups in total. The van der Waals surface area contributed by atoms with Gasteiger partial charge in [0, 0.05) is 25.3 Å². The highest BCUT2D eigenvalue weighted by atomic mass is 16.5. The highest BCUT2D eigenvalue weighted by Gasteiger charge is 2.34. The first-order valence-corrected chi connectivity index (χ1v) is 6.29. The third kappa shape index (κ3) is 3.55. The molecule has 0 amide bonds. The molecule has 1 aliphatic rings. The Morgan fingerprint density at radius 3 is 2.56 bits per heavy atom. The summed E-state index contributed by atoms with van der Waals surface area (Å²) in [7, 11) is 0. The average molecular weight is 249 g/mol. The second-order valence-electron chi connectivity index (χ2n) is 4.80. The molecule has 1 aromatic rings. The van der Waals surface area contributed by atoms with Gasteiger partial charge >= 0.3 is 5.97 Å². The molecule has 1 aromatic carbocycles. The fourth-order valence-electron chi connectivity index (χ4n) is 2.35. The van der Waals surface area contributed by atoms with Crippen molar-refractivity contribution in [2.75, 3.05) is 13.2 Å². The van der Waals surface area contributed by atoms with E-state index in [4.69, 9.17) is 9.84 Å². The molecule has 0 saturated carbocycles. The first kappa shape index (κ1) is 13.1. The van der Waals surface area contributed by atoms with E-state index in [-0.39, 0.29) is 12.0 Å². The molecule has 0 unspecified atom stereocenters. The Labute approximate surface area is 107 Å². The zero-order chi connectivity index (χ0) is 12.8. The highest BCUT2D eigenvalue weighted by Crippen LogP contribution is 2.25. The van der Waals surface area contributed by atoms with Crippen LogP contribution in [-0.2, 0) is 16.1 Å². The van der Waals surface area contributed by atoms with Crippen molar-refractivity contribution in [2.45, 2.75) is 31.3 Å². The normalized spacial score (nSPS) is 18.4. The van der Waals surface area contributed by atoms with Crippen LogP contribution in [0.2, 0.25) is 0 Å². The Hall–Kier alpha value is -1.39. The Bertz CT molecular complexity index is 385. The van der Waals surface area contributed by atoms with Gasteiger partial charge in [0.05, 0.1) is 6.42 Å². The van der Waals surface area contributed by atoms with Crippen LogP contribution in [-0.4, -0.2) is 29.8 Å². The molecular formula is C14H19NO3. The van der Waals surface area contributed by atoms with Gasteiger partial charge in [0.25, 0.3) is 0 Å². The molecular weight excluding hydrogens is 230 g/mol. The number of carbonyl (C=O) groups is 1. The topological polar surface area (TPSA) is 58.6 Å². The molecule has 0 radical (unpaired) electrons. The standard InChI is InChI=1S/C14H19NO3/c16-13(17)10-14(6-8-18-9-7-14)15-11-12-4-2-1-3-5-12/h1-5,15H,6-11H2,(H,16,17). The Morgan fingerprint density at radius 1 is 1.28 bits per heavy atom. The van der Waals surface area contributed by atoms with Crippen LogP contribution in [0.15, 0.2) is 30.3 Å². The number of hydrogen-bond acceptors (Lipinski definition) is 3. The van der Waals surface area contributed by atoms with Crippen LogP contribution in [0.25, 0.3) is 0 Å². The minimum atomic E-state index is -0.752. The fourth-order valence-corrected chi connectivity index (χ4v) is 2.35. The maximum absolute atomic E-state index is 11.0. The van der Waals surface area contributed by atoms with Gasteiger partial charge in [0.15, 0.2) is 0 Å². The lowest BCUT2D eigenvalue weighted by Gasteiger charge is -2.37. The number of hydrogen-bond donors (Lipinski definition) is 2. The summed E-state index contributed by atoms with van der Waals surface area (Å²) in [5.74, 6) is -0.752. The molecule has 0 spiro atoms. The Balaban J connectivity index is 1.99. The van der Waals surface area contributed by atoms with Crippen molar-refractivity contribution in [3.05, 3.63) is 35.9 Å². The number of nitrogens with one attached hydrogen (secondary N) is 1. The summed E-state index contributed by atoms with van der Waals surface area (Å²) in [5.41, 5.74) is 0.855. The van der Waals surface area contributed by atoms with Crippen molar-refractivity contribution in [3.8, 4) is 0 Å². The number of benzene rings is 1. The van der Waals surface area contributed by atoms with Crippen LogP contribution in [0.4, 0.5) is 0 Å². The third-order valence-electron chi connectivity index (χ3n) is 3.45. The van der Waals surface area contributed by atoms with Gasteiger partial charge in [-0.15, -0.1) is 0 Å². The molecule has 0 bridgehead atoms. The predicted molar refractivity (Wildman–Crippen MR) is 68.3 cm³/mol. The van der Waals surface area contributed by atoms with Gasteiger partial charge in [-0.3, -0.25) is 4.79 Å². The maximum Gasteiger partial charge on any atom is 0.305 e. The molecule has 1 fully saturated rings. The second kappa shape index (κ2) is 5.98. The summed E-state index contributed by atoms with van der Waals surface area (Å²) in [6.07, 6.45) is 1.67. The van der Waals surface area contributed by atoms with E-state index in [1.54, 1.807) is 0 Å². The molecule has 1 aliphatic heterocycles. The minimum absolute atomic E-state index is 0.156. The summed E-state index contributed by atoms with van der Waals surface area (Å²) in [6, 6.07) is 10.0. The molecule has 1 heterocycles. The van der Waals surface area contributed by atoms with E-state index >= 15 is 0 Å². The first-order valence-electron chi connectivity index (χ1n) is 6.29. The molecule has 0 aliphatic carbocycles. The van der Waals surface area contributed by atoms with Gasteiger partial charge < -0.3 is 15.2 Å². The zero-order valence-corrected chi connectivity index (χ0v) is 10.4. The van der Waals surface area contributed by atoms with Crippen LogP contribution in [0.5, 0.6) is 0 Å². The van der Waals surface area contributed by atoms with E-state index in [1.807, 2.05) is 30.3 Å². The summed E-state index contributed by atoms with van der Waals surface area (Å²) in [6.45, 7) is 1.97. The van der Waals surface area contributed by atoms with Gasteiger partial charge in [0.2, 0.25) is 0 Å². The summed E-state index contributed by atoms with van der Waals surface area (Å²) >= 11 is 0. The van der Waals surface area contributed by atoms with Crippen molar-refractivity contribution < 1.29 is 14.6 Å². The van der Waals surface area contributed by atoms with Crippen molar-refractivity contribution in [3.63, 3.8) is 0 Å². The van der Waals surface area contributed by atoms with Crippen LogP contribution < -0.4 is 5.32 Å². The lowest BCUT2D eigenvalue weighted by molar-refractivity contribution is -0.139. The highest BCUT2D eigenvalue weighted by molar-refractivity contribution is 5.68. The van der Waals surface area contributed by atoms with Crippen molar-refractivity contribution >= 4 is 5.97 Å². The minimum Gasteiger partial charge on any atom is -0.481 e. The number of ether oxygens (including phenoxy) is 1. The smallest absolute Gasteiger partial charge is 0.305 e. The Kier molecular flexibility index (Phi) is 4.33. The van der Waals surface area contributed by atoms with E-state index in [1.165, 1.54) is 5.56 Å². The monoisotopic (exact) mass is 249 g/mol. The van der Waals surface area contributed by atoms with Gasteiger partial charge in [-0.1, -0.05) is 30.3 Å². The van der Waals surface area contributed by atoms with Crippen LogP contribution >= 0.6 is 0 Å². The molecule has 0 atom stereocenters. The van der Waals surface area contributed by atoms with Crippen molar-refractivity contribution in [2.24, 2.45) is 0 Å². The number of carboxylic acids is 1. The molecule has 4 heteroatoms. The molecule has 98 valence electrons. The molecule has 4 nitrogen and oxygen atoms in total. The largest absolute Gasteiger partial charge is 0.481 e. The molecule has 18 heavy (non-hydrogen) atoms. The van der Waals surface area contributed by atoms with E-state index in [0.29, 0.717) is 19.8 Å². The lowest BCUT2D eigenvalue weighted by Crippen LogP contribution is -2.50. The molecule has 2 rings (SSSR count). The zero-order valence-electron chi connectivity index (χ0n) is 10.4. The van der Waals surface area contributed by atoms with Crippen molar-refractivity contribution in [1.29, 1.82) is 0 Å². The van der Waals surface area contributed by atoms with E-state index in [2.05, 4.69) is 5.32 Å². The molecule has 0 aromatic heterocycles. The van der Waals surface area contributed by atoms with Gasteiger partial charge in [0.1, 0.15) is 0 Å². The van der Waals surface area contributed by atoms with Crippen LogP contribution in [0.1, 0.15) is 24.8 Å². The number of aliphatic carboxylic acids is 1. The van der Waals surface area contributed by atoms with Crippen molar-refractivity contribution in [1.82, 2.24) is 5.32 Å². The van der Waals surface area contributed by atoms with E-state index in [9.17, 15) is 4.79 Å². The summed E-state index contributed by atoms with van der Waals surface area (Å²) in [5, 5.41) is 12.5. The lowest BCUT2D eigenvalue weighted by atomic mass is 9.86. The Morgan fingerprint density at radius 2 is 1.94 bits per heavy atom. The fraction of sp³-hybridized carbons (Fsp3) is 0.500. The van der Waals surface area contributed by atoms with Gasteiger partial charge in [-0.05, 0) is 18.4 Å². The number of rotatable bonds is 5. The van der Waals surface area contributed by atoms with Gasteiger partial charge in [-0.25, -0.2) is 0 Å². The SMILES string of the molecule is O=C(O)CC1(NCc2ccccc2)CCOCC1. The number of carboxylic acid groups (broad SMARTS) is 1. The second-order valence-corrected chi connectivity index (χ2v) is 4.80.